The highest BCUT2D eigenvalue weighted by Gasteiger charge is 2.24. The van der Waals surface area contributed by atoms with Crippen molar-refractivity contribution in [2.24, 2.45) is 17.3 Å². The minimum Gasteiger partial charge on any atom is -0.396 e. The van der Waals surface area contributed by atoms with Crippen molar-refractivity contribution in [1.29, 1.82) is 0 Å². The molecule has 0 unspecified atom stereocenters. The molecule has 2 aromatic carbocycles. The first-order valence-electron chi connectivity index (χ1n) is 11.1. The SMILES string of the molecule is NC(=O)c1cc(CN(N)/C=C(\N)c2c(-c3ccc(C4CC4)cc3)nc3ccccn23)ccc1Cl. The zero-order chi connectivity index (χ0) is 23.8. The van der Waals surface area contributed by atoms with Gasteiger partial charge in [-0.1, -0.05) is 48.0 Å². The lowest BCUT2D eigenvalue weighted by Crippen LogP contribution is -2.26. The molecule has 0 bridgehead atoms. The van der Waals surface area contributed by atoms with Crippen LogP contribution in [-0.4, -0.2) is 20.3 Å². The third-order valence-corrected chi connectivity index (χ3v) is 6.33. The van der Waals surface area contributed by atoms with Crippen molar-refractivity contribution >= 4 is 28.9 Å². The lowest BCUT2D eigenvalue weighted by Gasteiger charge is -2.16. The van der Waals surface area contributed by atoms with Crippen LogP contribution in [0.4, 0.5) is 0 Å². The molecule has 0 radical (unpaired) electrons. The quantitative estimate of drug-likeness (QED) is 0.274. The van der Waals surface area contributed by atoms with E-state index in [0.717, 1.165) is 28.2 Å². The molecule has 0 saturated heterocycles. The average molecular weight is 473 g/mol. The summed E-state index contributed by atoms with van der Waals surface area (Å²) >= 11 is 6.05. The monoisotopic (exact) mass is 472 g/mol. The number of primary amides is 1. The maximum atomic E-state index is 11.6. The number of hydrogen-bond donors (Lipinski definition) is 3. The Morgan fingerprint density at radius 1 is 1.12 bits per heavy atom. The van der Waals surface area contributed by atoms with Crippen molar-refractivity contribution in [2.45, 2.75) is 25.3 Å². The topological polar surface area (TPSA) is 116 Å². The summed E-state index contributed by atoms with van der Waals surface area (Å²) in [6.07, 6.45) is 6.11. The van der Waals surface area contributed by atoms with Gasteiger partial charge in [0.15, 0.2) is 0 Å². The first-order valence-corrected chi connectivity index (χ1v) is 11.4. The molecule has 1 saturated carbocycles. The second-order valence-corrected chi connectivity index (χ2v) is 8.98. The van der Waals surface area contributed by atoms with Crippen molar-refractivity contribution in [3.05, 3.63) is 100 Å². The van der Waals surface area contributed by atoms with Gasteiger partial charge < -0.3 is 16.5 Å². The van der Waals surface area contributed by atoms with Crippen LogP contribution >= 0.6 is 11.6 Å². The highest BCUT2D eigenvalue weighted by Crippen LogP contribution is 2.40. The van der Waals surface area contributed by atoms with E-state index >= 15 is 0 Å². The fourth-order valence-corrected chi connectivity index (χ4v) is 4.37. The molecule has 8 heteroatoms. The molecule has 2 aromatic heterocycles. The first kappa shape index (κ1) is 22.0. The molecule has 6 N–H and O–H groups in total. The van der Waals surface area contributed by atoms with Crippen LogP contribution in [0.2, 0.25) is 5.02 Å². The Morgan fingerprint density at radius 3 is 2.59 bits per heavy atom. The first-order chi connectivity index (χ1) is 16.4. The van der Waals surface area contributed by atoms with E-state index in [1.54, 1.807) is 24.4 Å². The molecule has 2 heterocycles. The number of carbonyl (C=O) groups is 1. The van der Waals surface area contributed by atoms with E-state index in [0.29, 0.717) is 23.2 Å². The molecule has 1 aliphatic rings. The van der Waals surface area contributed by atoms with Gasteiger partial charge in [-0.3, -0.25) is 9.20 Å². The molecule has 0 spiro atoms. The van der Waals surface area contributed by atoms with Crippen LogP contribution in [0.25, 0.3) is 22.6 Å². The summed E-state index contributed by atoms with van der Waals surface area (Å²) in [6, 6.07) is 19.4. The Bertz CT molecular complexity index is 1400. The molecule has 1 aliphatic carbocycles. The van der Waals surface area contributed by atoms with Crippen LogP contribution < -0.4 is 17.3 Å². The molecule has 1 amide bonds. The summed E-state index contributed by atoms with van der Waals surface area (Å²) < 4.78 is 1.96. The van der Waals surface area contributed by atoms with E-state index in [4.69, 9.17) is 33.9 Å². The Balaban J connectivity index is 1.48. The predicted octanol–water partition coefficient (Wildman–Crippen LogP) is 4.26. The average Bonchev–Trinajstić information content (AvgIpc) is 3.59. The molecule has 34 heavy (non-hydrogen) atoms. The number of rotatable bonds is 7. The second-order valence-electron chi connectivity index (χ2n) is 8.57. The van der Waals surface area contributed by atoms with Gasteiger partial charge in [-0.05, 0) is 54.2 Å². The molecule has 4 aromatic rings. The zero-order valence-corrected chi connectivity index (χ0v) is 19.2. The van der Waals surface area contributed by atoms with Gasteiger partial charge in [0.05, 0.1) is 34.2 Å². The number of carbonyl (C=O) groups excluding carboxylic acids is 1. The van der Waals surface area contributed by atoms with Gasteiger partial charge in [-0.25, -0.2) is 10.8 Å². The Hall–Kier alpha value is -3.81. The van der Waals surface area contributed by atoms with Gasteiger partial charge in [0, 0.05) is 18.0 Å². The van der Waals surface area contributed by atoms with Crippen LogP contribution in [0, 0.1) is 0 Å². The van der Waals surface area contributed by atoms with Crippen LogP contribution in [0.15, 0.2) is 73.1 Å². The third-order valence-electron chi connectivity index (χ3n) is 6.00. The van der Waals surface area contributed by atoms with Crippen LogP contribution in [0.1, 0.15) is 45.9 Å². The minimum absolute atomic E-state index is 0.253. The van der Waals surface area contributed by atoms with Crippen LogP contribution in [-0.2, 0) is 6.54 Å². The third kappa shape index (κ3) is 4.35. The van der Waals surface area contributed by atoms with E-state index in [1.807, 2.05) is 28.8 Å². The van der Waals surface area contributed by atoms with Crippen molar-refractivity contribution in [3.8, 4) is 11.3 Å². The molecule has 1 fully saturated rings. The van der Waals surface area contributed by atoms with Gasteiger partial charge in [0.25, 0.3) is 0 Å². The minimum atomic E-state index is -0.589. The molecular weight excluding hydrogens is 448 g/mol. The highest BCUT2D eigenvalue weighted by atomic mass is 35.5. The summed E-state index contributed by atoms with van der Waals surface area (Å²) in [5.41, 5.74) is 18.2. The summed E-state index contributed by atoms with van der Waals surface area (Å²) in [6.45, 7) is 0.306. The lowest BCUT2D eigenvalue weighted by atomic mass is 10.0. The van der Waals surface area contributed by atoms with Crippen LogP contribution in [0.5, 0.6) is 0 Å². The van der Waals surface area contributed by atoms with Crippen molar-refractivity contribution < 1.29 is 4.79 Å². The number of hydrazine groups is 1. The summed E-state index contributed by atoms with van der Waals surface area (Å²) in [5, 5.41) is 1.77. The summed E-state index contributed by atoms with van der Waals surface area (Å²) in [4.78, 5) is 16.4. The fraction of sp³-hybridized carbons (Fsp3) is 0.154. The second kappa shape index (κ2) is 8.85. The number of aromatic nitrogens is 2. The van der Waals surface area contributed by atoms with Crippen molar-refractivity contribution in [2.75, 3.05) is 0 Å². The maximum Gasteiger partial charge on any atom is 0.250 e. The summed E-state index contributed by atoms with van der Waals surface area (Å²) in [7, 11) is 0. The Morgan fingerprint density at radius 2 is 1.88 bits per heavy atom. The van der Waals surface area contributed by atoms with Crippen molar-refractivity contribution in [3.63, 3.8) is 0 Å². The summed E-state index contributed by atoms with van der Waals surface area (Å²) in [5.74, 6) is 6.37. The fourth-order valence-electron chi connectivity index (χ4n) is 4.16. The number of pyridine rings is 1. The van der Waals surface area contributed by atoms with E-state index in [2.05, 4.69) is 24.3 Å². The molecular formula is C26H25ClN6O. The van der Waals surface area contributed by atoms with Crippen molar-refractivity contribution in [1.82, 2.24) is 14.4 Å². The molecule has 0 aliphatic heterocycles. The standard InChI is InChI=1S/C26H25ClN6O/c27-21-11-4-16(13-20(21)26(29)34)14-32(30)15-22(28)25-24(31-23-3-1-2-12-33(23)25)19-9-7-18(8-10-19)17-5-6-17/h1-4,7-13,15,17H,5-6,14,28,30H2,(H2,29,34)/b22-15-. The maximum absolute atomic E-state index is 11.6. The Labute approximate surface area is 202 Å². The van der Waals surface area contributed by atoms with Gasteiger partial charge in [-0.2, -0.15) is 0 Å². The zero-order valence-electron chi connectivity index (χ0n) is 18.5. The van der Waals surface area contributed by atoms with E-state index in [1.165, 1.54) is 23.4 Å². The highest BCUT2D eigenvalue weighted by molar-refractivity contribution is 6.33. The number of amides is 1. The smallest absolute Gasteiger partial charge is 0.250 e. The Kier molecular flexibility index (Phi) is 5.73. The normalized spacial score (nSPS) is 13.9. The number of nitrogens with zero attached hydrogens (tertiary/aromatic N) is 3. The number of fused-ring (bicyclic) bond motifs is 1. The van der Waals surface area contributed by atoms with E-state index < -0.39 is 5.91 Å². The lowest BCUT2D eigenvalue weighted by molar-refractivity contribution is 0.1000. The van der Waals surface area contributed by atoms with Gasteiger partial charge in [0.1, 0.15) is 5.65 Å². The van der Waals surface area contributed by atoms with Gasteiger partial charge >= 0.3 is 0 Å². The molecule has 172 valence electrons. The predicted molar refractivity (Wildman–Crippen MR) is 134 cm³/mol. The number of halogens is 1. The molecule has 0 atom stereocenters. The van der Waals surface area contributed by atoms with E-state index in [-0.39, 0.29) is 5.56 Å². The number of hydrogen-bond acceptors (Lipinski definition) is 5. The number of imidazole rings is 1. The van der Waals surface area contributed by atoms with E-state index in [9.17, 15) is 4.79 Å². The number of nitrogens with two attached hydrogens (primary N) is 3. The van der Waals surface area contributed by atoms with Gasteiger partial charge in [0.2, 0.25) is 5.91 Å². The van der Waals surface area contributed by atoms with Crippen LogP contribution in [0.3, 0.4) is 0 Å². The van der Waals surface area contributed by atoms with Gasteiger partial charge in [-0.15, -0.1) is 0 Å². The molecule has 7 nitrogen and oxygen atoms in total. The molecule has 5 rings (SSSR count). The largest absolute Gasteiger partial charge is 0.396 e. The number of benzene rings is 2.